The first-order valence-corrected chi connectivity index (χ1v) is 7.59. The average Bonchev–Trinajstić information content (AvgIpc) is 2.50. The molecule has 122 valence electrons. The SMILES string of the molecule is CCN(CC)C(=O)Oc1cccc(OC(=O)N(CC)CC)c1. The number of carbonyl (C=O) groups is 2. The molecule has 1 aromatic carbocycles. The second kappa shape index (κ2) is 8.92. The van der Waals surface area contributed by atoms with Crippen molar-refractivity contribution in [2.45, 2.75) is 27.7 Å². The van der Waals surface area contributed by atoms with Crippen molar-refractivity contribution in [2.75, 3.05) is 26.2 Å². The summed E-state index contributed by atoms with van der Waals surface area (Å²) in [5, 5.41) is 0. The first kappa shape index (κ1) is 17.8. The molecule has 6 nitrogen and oxygen atoms in total. The summed E-state index contributed by atoms with van der Waals surface area (Å²) >= 11 is 0. The Morgan fingerprint density at radius 2 is 1.18 bits per heavy atom. The molecule has 0 saturated carbocycles. The summed E-state index contributed by atoms with van der Waals surface area (Å²) in [7, 11) is 0. The van der Waals surface area contributed by atoms with Crippen molar-refractivity contribution >= 4 is 12.2 Å². The largest absolute Gasteiger partial charge is 0.415 e. The lowest BCUT2D eigenvalue weighted by Gasteiger charge is -2.19. The molecule has 1 rings (SSSR count). The van der Waals surface area contributed by atoms with Gasteiger partial charge in [-0.2, -0.15) is 0 Å². The molecule has 0 aliphatic rings. The molecule has 0 heterocycles. The van der Waals surface area contributed by atoms with Gasteiger partial charge in [0.15, 0.2) is 0 Å². The number of ether oxygens (including phenoxy) is 2. The average molecular weight is 308 g/mol. The van der Waals surface area contributed by atoms with Crippen LogP contribution in [0.3, 0.4) is 0 Å². The molecule has 0 spiro atoms. The molecule has 0 N–H and O–H groups in total. The zero-order valence-corrected chi connectivity index (χ0v) is 13.7. The minimum absolute atomic E-state index is 0.349. The number of rotatable bonds is 6. The van der Waals surface area contributed by atoms with Gasteiger partial charge in [0, 0.05) is 32.2 Å². The Kier molecular flexibility index (Phi) is 7.22. The molecule has 0 aliphatic carbocycles. The van der Waals surface area contributed by atoms with E-state index in [1.165, 1.54) is 6.07 Å². The summed E-state index contributed by atoms with van der Waals surface area (Å²) in [6.07, 6.45) is -0.838. The highest BCUT2D eigenvalue weighted by Gasteiger charge is 2.14. The first-order chi connectivity index (χ1) is 10.5. The fourth-order valence-electron chi connectivity index (χ4n) is 1.90. The zero-order valence-electron chi connectivity index (χ0n) is 13.7. The van der Waals surface area contributed by atoms with E-state index < -0.39 is 12.2 Å². The highest BCUT2D eigenvalue weighted by Crippen LogP contribution is 2.20. The summed E-state index contributed by atoms with van der Waals surface area (Å²) in [5.74, 6) is 0.698. The Hall–Kier alpha value is -2.24. The molecule has 2 amide bonds. The minimum Gasteiger partial charge on any atom is -0.410 e. The van der Waals surface area contributed by atoms with Crippen LogP contribution in [0.1, 0.15) is 27.7 Å². The van der Waals surface area contributed by atoms with Crippen LogP contribution < -0.4 is 9.47 Å². The van der Waals surface area contributed by atoms with Crippen LogP contribution in [0.5, 0.6) is 11.5 Å². The van der Waals surface area contributed by atoms with Gasteiger partial charge in [0.25, 0.3) is 0 Å². The van der Waals surface area contributed by atoms with E-state index in [1.807, 2.05) is 27.7 Å². The van der Waals surface area contributed by atoms with Gasteiger partial charge in [0.1, 0.15) is 11.5 Å². The molecule has 0 aromatic heterocycles. The summed E-state index contributed by atoms with van der Waals surface area (Å²) in [4.78, 5) is 26.9. The van der Waals surface area contributed by atoms with E-state index >= 15 is 0 Å². The molecular formula is C16H24N2O4. The van der Waals surface area contributed by atoms with Crippen molar-refractivity contribution in [3.63, 3.8) is 0 Å². The normalized spacial score (nSPS) is 10.0. The van der Waals surface area contributed by atoms with Crippen LogP contribution in [0.2, 0.25) is 0 Å². The van der Waals surface area contributed by atoms with Crippen LogP contribution in [0.25, 0.3) is 0 Å². The van der Waals surface area contributed by atoms with Crippen molar-refractivity contribution in [3.05, 3.63) is 24.3 Å². The van der Waals surface area contributed by atoms with Gasteiger partial charge in [0.05, 0.1) is 0 Å². The summed E-state index contributed by atoms with van der Waals surface area (Å²) in [6, 6.07) is 6.50. The summed E-state index contributed by atoms with van der Waals surface area (Å²) in [6.45, 7) is 9.83. The Bertz CT molecular complexity index is 455. The molecule has 0 saturated heterocycles. The van der Waals surface area contributed by atoms with Crippen LogP contribution >= 0.6 is 0 Å². The second-order valence-corrected chi connectivity index (χ2v) is 4.56. The maximum atomic E-state index is 11.9. The topological polar surface area (TPSA) is 59.1 Å². The fraction of sp³-hybridized carbons (Fsp3) is 0.500. The third-order valence-corrected chi connectivity index (χ3v) is 3.26. The molecular weight excluding hydrogens is 284 g/mol. The highest BCUT2D eigenvalue weighted by atomic mass is 16.6. The molecule has 0 bridgehead atoms. The van der Waals surface area contributed by atoms with Crippen LogP contribution in [0.4, 0.5) is 9.59 Å². The molecule has 0 atom stereocenters. The first-order valence-electron chi connectivity index (χ1n) is 7.59. The van der Waals surface area contributed by atoms with E-state index in [0.717, 1.165) is 0 Å². The lowest BCUT2D eigenvalue weighted by molar-refractivity contribution is 0.155. The van der Waals surface area contributed by atoms with E-state index in [9.17, 15) is 9.59 Å². The van der Waals surface area contributed by atoms with E-state index in [4.69, 9.17) is 9.47 Å². The smallest absolute Gasteiger partial charge is 0.410 e. The fourth-order valence-corrected chi connectivity index (χ4v) is 1.90. The van der Waals surface area contributed by atoms with Crippen molar-refractivity contribution in [2.24, 2.45) is 0 Å². The lowest BCUT2D eigenvalue weighted by Crippen LogP contribution is -2.33. The van der Waals surface area contributed by atoms with E-state index in [1.54, 1.807) is 28.0 Å². The number of hydrogen-bond donors (Lipinski definition) is 0. The van der Waals surface area contributed by atoms with Gasteiger partial charge in [-0.05, 0) is 39.8 Å². The molecule has 0 aliphatic heterocycles. The van der Waals surface area contributed by atoms with E-state index in [2.05, 4.69) is 0 Å². The van der Waals surface area contributed by atoms with Crippen molar-refractivity contribution in [1.82, 2.24) is 9.80 Å². The number of nitrogens with zero attached hydrogens (tertiary/aromatic N) is 2. The Balaban J connectivity index is 2.74. The van der Waals surface area contributed by atoms with Gasteiger partial charge in [-0.15, -0.1) is 0 Å². The van der Waals surface area contributed by atoms with Crippen LogP contribution in [-0.4, -0.2) is 48.2 Å². The Morgan fingerprint density at radius 1 is 0.818 bits per heavy atom. The monoisotopic (exact) mass is 308 g/mol. The van der Waals surface area contributed by atoms with Crippen molar-refractivity contribution < 1.29 is 19.1 Å². The van der Waals surface area contributed by atoms with Gasteiger partial charge in [0.2, 0.25) is 0 Å². The lowest BCUT2D eigenvalue weighted by atomic mass is 10.3. The Labute approximate surface area is 131 Å². The summed E-state index contributed by atoms with van der Waals surface area (Å²) < 4.78 is 10.6. The maximum absolute atomic E-state index is 11.9. The van der Waals surface area contributed by atoms with Gasteiger partial charge in [-0.3, -0.25) is 0 Å². The quantitative estimate of drug-likeness (QED) is 0.808. The minimum atomic E-state index is -0.419. The Morgan fingerprint density at radius 3 is 1.50 bits per heavy atom. The number of benzene rings is 1. The van der Waals surface area contributed by atoms with Crippen LogP contribution in [0.15, 0.2) is 24.3 Å². The molecule has 1 aromatic rings. The predicted octanol–water partition coefficient (Wildman–Crippen LogP) is 3.37. The number of carbonyl (C=O) groups excluding carboxylic acids is 2. The van der Waals surface area contributed by atoms with Crippen LogP contribution in [0, 0.1) is 0 Å². The molecule has 0 radical (unpaired) electrons. The maximum Gasteiger partial charge on any atom is 0.415 e. The standard InChI is InChI=1S/C16H24N2O4/c1-5-17(6-2)15(19)21-13-10-9-11-14(12-13)22-16(20)18(7-3)8-4/h9-12H,5-8H2,1-4H3. The third-order valence-electron chi connectivity index (χ3n) is 3.26. The zero-order chi connectivity index (χ0) is 16.5. The van der Waals surface area contributed by atoms with E-state index in [-0.39, 0.29) is 0 Å². The van der Waals surface area contributed by atoms with Crippen molar-refractivity contribution in [1.29, 1.82) is 0 Å². The van der Waals surface area contributed by atoms with Gasteiger partial charge < -0.3 is 19.3 Å². The van der Waals surface area contributed by atoms with Gasteiger partial charge in [-0.25, -0.2) is 9.59 Å². The molecule has 22 heavy (non-hydrogen) atoms. The number of hydrogen-bond acceptors (Lipinski definition) is 4. The van der Waals surface area contributed by atoms with Crippen molar-refractivity contribution in [3.8, 4) is 11.5 Å². The van der Waals surface area contributed by atoms with Gasteiger partial charge in [-0.1, -0.05) is 6.07 Å². The third kappa shape index (κ3) is 4.95. The predicted molar refractivity (Wildman–Crippen MR) is 84.3 cm³/mol. The van der Waals surface area contributed by atoms with E-state index in [0.29, 0.717) is 37.7 Å². The van der Waals surface area contributed by atoms with Gasteiger partial charge >= 0.3 is 12.2 Å². The number of amides is 2. The second-order valence-electron chi connectivity index (χ2n) is 4.56. The van der Waals surface area contributed by atoms with Crippen LogP contribution in [-0.2, 0) is 0 Å². The summed E-state index contributed by atoms with van der Waals surface area (Å²) in [5.41, 5.74) is 0. The molecule has 6 heteroatoms. The molecule has 0 unspecified atom stereocenters. The highest BCUT2D eigenvalue weighted by molar-refractivity contribution is 5.72. The molecule has 0 fully saturated rings.